The maximum atomic E-state index is 14.3. The van der Waals surface area contributed by atoms with Crippen molar-refractivity contribution in [1.82, 2.24) is 25.2 Å². The van der Waals surface area contributed by atoms with Gasteiger partial charge in [0.25, 0.3) is 5.91 Å². The molecular formula is C34H40ClF2N5O9S. The van der Waals surface area contributed by atoms with Crippen LogP contribution in [0.25, 0.3) is 10.8 Å². The second-order valence-electron chi connectivity index (χ2n) is 14.1. The zero-order valence-corrected chi connectivity index (χ0v) is 30.0. The van der Waals surface area contributed by atoms with Crippen LogP contribution in [0.4, 0.5) is 13.6 Å². The highest BCUT2D eigenvalue weighted by Gasteiger charge is 2.62. The molecule has 1 saturated heterocycles. The van der Waals surface area contributed by atoms with Crippen molar-refractivity contribution in [3.8, 4) is 11.6 Å². The lowest BCUT2D eigenvalue weighted by Crippen LogP contribution is -2.59. The number of aromatic nitrogens is 1. The number of nitrogens with one attached hydrogen (secondary N) is 3. The summed E-state index contributed by atoms with van der Waals surface area (Å²) < 4.78 is 64.9. The van der Waals surface area contributed by atoms with Crippen LogP contribution in [0.3, 0.4) is 0 Å². The summed E-state index contributed by atoms with van der Waals surface area (Å²) in [5, 5.41) is 14.5. The molecule has 2 aliphatic carbocycles. The van der Waals surface area contributed by atoms with Crippen LogP contribution in [0.2, 0.25) is 5.02 Å². The fourth-order valence-corrected chi connectivity index (χ4v) is 8.90. The number of fused-ring (bicyclic) bond motifs is 3. The summed E-state index contributed by atoms with van der Waals surface area (Å²) in [6.45, 7) is 0.361. The van der Waals surface area contributed by atoms with Gasteiger partial charge in [0.2, 0.25) is 27.7 Å². The van der Waals surface area contributed by atoms with Gasteiger partial charge in [-0.2, -0.15) is 8.78 Å². The first-order valence-corrected chi connectivity index (χ1v) is 19.1. The molecule has 0 spiro atoms. The highest BCUT2D eigenvalue weighted by atomic mass is 35.5. The van der Waals surface area contributed by atoms with Crippen LogP contribution in [-0.2, 0) is 24.4 Å². The first-order valence-electron chi connectivity index (χ1n) is 17.1. The molecule has 7 atom stereocenters. The Bertz CT molecular complexity index is 1900. The number of halogens is 3. The number of alkyl halides is 2. The Hall–Kier alpha value is -4.25. The summed E-state index contributed by atoms with van der Waals surface area (Å²) in [7, 11) is -3.95. The summed E-state index contributed by atoms with van der Waals surface area (Å²) in [6.07, 6.45) is 4.96. The SMILES string of the molecule is C[C@@H]1CC/C=C\[C@@H]2C[C@@]2(C(=O)NS(=O)(=O)C2CC2)NC(=O)[C@@H]2C[C@@H](Oc3ncc(OC(F)F)c4c(Cl)cccc34)CN2C(=O)[C@@H](NC(=O)O)[C@H](C)C1. The molecule has 282 valence electrons. The molecule has 4 N–H and O–H groups in total. The Morgan fingerprint density at radius 2 is 1.92 bits per heavy atom. The summed E-state index contributed by atoms with van der Waals surface area (Å²) in [4.78, 5) is 59.5. The van der Waals surface area contributed by atoms with Crippen LogP contribution in [0.5, 0.6) is 11.6 Å². The molecule has 14 nitrogen and oxygen atoms in total. The number of sulfonamides is 1. The standard InChI is InChI=1S/C34H40ClF2N5O9S/c1-17-6-3-4-7-19-14-34(19,31(45)41-52(48,49)21-10-11-21)40-28(43)24-13-20(16-42(24)30(44)27(18(2)12-17)39-33(46)47)50-29-22-8-5-9-23(35)26(22)25(15-38-29)51-32(36)37/h4-5,7-9,15,17-21,24,27,32,39H,3,6,10-14,16H2,1-2H3,(H,40,43)(H,41,45)(H,46,47)/b7-4-/t17-,18-,19-,20-,24+,27+,34-/m1/s1. The predicted octanol–water partition coefficient (Wildman–Crippen LogP) is 3.97. The Morgan fingerprint density at radius 1 is 1.17 bits per heavy atom. The van der Waals surface area contributed by atoms with Gasteiger partial charge in [-0.1, -0.05) is 43.7 Å². The fourth-order valence-electron chi connectivity index (χ4n) is 7.27. The van der Waals surface area contributed by atoms with Gasteiger partial charge in [-0.3, -0.25) is 19.1 Å². The van der Waals surface area contributed by atoms with E-state index >= 15 is 0 Å². The lowest BCUT2D eigenvalue weighted by Gasteiger charge is -2.32. The number of ether oxygens (including phenoxy) is 2. The summed E-state index contributed by atoms with van der Waals surface area (Å²) in [5.41, 5.74) is -1.60. The van der Waals surface area contributed by atoms with Crippen LogP contribution in [0.1, 0.15) is 58.8 Å². The molecule has 0 bridgehead atoms. The molecule has 1 aromatic heterocycles. The fraction of sp³-hybridized carbons (Fsp3) is 0.559. The number of nitrogens with zero attached hydrogens (tertiary/aromatic N) is 2. The van der Waals surface area contributed by atoms with E-state index in [1.165, 1.54) is 17.0 Å². The molecule has 6 rings (SSSR count). The molecule has 2 saturated carbocycles. The monoisotopic (exact) mass is 767 g/mol. The smallest absolute Gasteiger partial charge is 0.405 e. The number of benzene rings is 1. The number of rotatable bonds is 8. The maximum absolute atomic E-state index is 14.3. The summed E-state index contributed by atoms with van der Waals surface area (Å²) in [6, 6.07) is 2.04. The molecule has 3 heterocycles. The Labute approximate surface area is 303 Å². The van der Waals surface area contributed by atoms with Crippen LogP contribution in [0, 0.1) is 17.8 Å². The summed E-state index contributed by atoms with van der Waals surface area (Å²) >= 11 is 6.35. The number of carboxylic acid groups (broad SMARTS) is 1. The summed E-state index contributed by atoms with van der Waals surface area (Å²) in [5.74, 6) is -3.59. The van der Waals surface area contributed by atoms with Gasteiger partial charge in [-0.05, 0) is 62.5 Å². The molecule has 0 unspecified atom stereocenters. The quantitative estimate of drug-likeness (QED) is 0.286. The van der Waals surface area contributed by atoms with Crippen molar-refractivity contribution < 1.29 is 51.0 Å². The third-order valence-corrected chi connectivity index (χ3v) is 12.3. The molecule has 2 aromatic rings. The topological polar surface area (TPSA) is 193 Å². The molecule has 52 heavy (non-hydrogen) atoms. The van der Waals surface area contributed by atoms with Gasteiger partial charge in [0.05, 0.1) is 23.0 Å². The van der Waals surface area contributed by atoms with Gasteiger partial charge in [0.15, 0.2) is 5.75 Å². The minimum Gasteiger partial charge on any atom is -0.472 e. The largest absolute Gasteiger partial charge is 0.472 e. The van der Waals surface area contributed by atoms with E-state index in [1.807, 2.05) is 13.0 Å². The minimum atomic E-state index is -3.95. The van der Waals surface area contributed by atoms with Gasteiger partial charge in [0, 0.05) is 23.1 Å². The zero-order valence-electron chi connectivity index (χ0n) is 28.4. The van der Waals surface area contributed by atoms with Crippen molar-refractivity contribution in [3.63, 3.8) is 0 Å². The number of carbonyl (C=O) groups is 4. The van der Waals surface area contributed by atoms with Crippen molar-refractivity contribution in [3.05, 3.63) is 41.6 Å². The maximum Gasteiger partial charge on any atom is 0.405 e. The highest BCUT2D eigenvalue weighted by molar-refractivity contribution is 7.91. The normalized spacial score (nSPS) is 30.3. The van der Waals surface area contributed by atoms with Crippen molar-refractivity contribution in [2.45, 2.75) is 94.4 Å². The van der Waals surface area contributed by atoms with Crippen LogP contribution in [-0.4, -0.2) is 89.4 Å². The number of hydrogen-bond donors (Lipinski definition) is 4. The molecule has 0 radical (unpaired) electrons. The second kappa shape index (κ2) is 14.6. The van der Waals surface area contributed by atoms with Gasteiger partial charge < -0.3 is 30.1 Å². The first kappa shape index (κ1) is 37.5. The van der Waals surface area contributed by atoms with E-state index < -0.39 is 81.3 Å². The Kier molecular flexibility index (Phi) is 10.6. The third kappa shape index (κ3) is 7.89. The Balaban J connectivity index is 1.35. The molecule has 4 aliphatic rings. The predicted molar refractivity (Wildman–Crippen MR) is 183 cm³/mol. The van der Waals surface area contributed by atoms with Gasteiger partial charge in [0.1, 0.15) is 23.7 Å². The number of allylic oxidation sites excluding steroid dienone is 1. The highest BCUT2D eigenvalue weighted by Crippen LogP contribution is 2.46. The minimum absolute atomic E-state index is 0.0457. The lowest BCUT2D eigenvalue weighted by molar-refractivity contribution is -0.142. The van der Waals surface area contributed by atoms with E-state index in [0.717, 1.165) is 6.20 Å². The lowest BCUT2D eigenvalue weighted by atomic mass is 9.88. The van der Waals surface area contributed by atoms with Gasteiger partial charge in [-0.25, -0.2) is 18.2 Å². The van der Waals surface area contributed by atoms with E-state index in [0.29, 0.717) is 32.1 Å². The molecule has 1 aromatic carbocycles. The molecule has 3 fully saturated rings. The van der Waals surface area contributed by atoms with Crippen LogP contribution in [0.15, 0.2) is 36.5 Å². The van der Waals surface area contributed by atoms with Crippen molar-refractivity contribution >= 4 is 56.2 Å². The van der Waals surface area contributed by atoms with Crippen molar-refractivity contribution in [2.24, 2.45) is 17.8 Å². The average molecular weight is 768 g/mol. The van der Waals surface area contributed by atoms with Gasteiger partial charge >= 0.3 is 12.7 Å². The molecule has 4 amide bonds. The van der Waals surface area contributed by atoms with Crippen molar-refractivity contribution in [2.75, 3.05) is 6.54 Å². The average Bonchev–Trinajstić information content (AvgIpc) is 3.99. The van der Waals surface area contributed by atoms with Gasteiger partial charge in [-0.15, -0.1) is 0 Å². The number of hydrogen-bond acceptors (Lipinski definition) is 9. The molecule has 2 aliphatic heterocycles. The number of carbonyl (C=O) groups excluding carboxylic acids is 3. The van der Waals surface area contributed by atoms with E-state index in [2.05, 4.69) is 25.1 Å². The van der Waals surface area contributed by atoms with Crippen LogP contribution < -0.4 is 24.8 Å². The number of amides is 4. The van der Waals surface area contributed by atoms with E-state index in [-0.39, 0.29) is 52.7 Å². The van der Waals surface area contributed by atoms with E-state index in [9.17, 15) is 41.5 Å². The zero-order chi connectivity index (χ0) is 37.5. The molecule has 18 heteroatoms. The van der Waals surface area contributed by atoms with E-state index in [4.69, 9.17) is 16.3 Å². The number of pyridine rings is 1. The molecular weight excluding hydrogens is 728 g/mol. The third-order valence-electron chi connectivity index (χ3n) is 10.2. The van der Waals surface area contributed by atoms with Crippen molar-refractivity contribution in [1.29, 1.82) is 0 Å². The first-order chi connectivity index (χ1) is 24.6. The Morgan fingerprint density at radius 3 is 2.62 bits per heavy atom. The van der Waals surface area contributed by atoms with E-state index in [1.54, 1.807) is 19.1 Å². The second-order valence-corrected chi connectivity index (χ2v) is 16.5. The van der Waals surface area contributed by atoms with Crippen LogP contribution >= 0.6 is 11.6 Å².